The van der Waals surface area contributed by atoms with Gasteiger partial charge in [0, 0.05) is 157 Å². The Morgan fingerprint density at radius 3 is 1.49 bits per heavy atom. The molecule has 6 aromatic rings. The molecule has 0 unspecified atom stereocenters. The lowest BCUT2D eigenvalue weighted by molar-refractivity contribution is -0.142. The number of carbonyl (C=O) groups excluding carboxylic acids is 4. The molecule has 0 spiro atoms. The number of carboxylic acids is 1. The number of carboxylic acid groups (broad SMARTS) is 1. The van der Waals surface area contributed by atoms with Gasteiger partial charge in [-0.15, -0.1) is 22.7 Å². The number of halogens is 4. The number of aliphatic imine (C=N–C) groups is 2. The summed E-state index contributed by atoms with van der Waals surface area (Å²) in [5.41, 5.74) is 6.52. The second kappa shape index (κ2) is 28.3. The first-order chi connectivity index (χ1) is 46.5. The maximum atomic E-state index is 14.1. The molecule has 498 valence electrons. The van der Waals surface area contributed by atoms with Gasteiger partial charge >= 0.3 is 30.0 Å². The molecule has 7 aliphatic heterocycles. The molecule has 0 radical (unpaired) electrons. The quantitative estimate of drug-likeness (QED) is 0.0570. The van der Waals surface area contributed by atoms with Crippen molar-refractivity contribution >= 4 is 113 Å². The van der Waals surface area contributed by atoms with E-state index >= 15 is 0 Å². The van der Waals surface area contributed by atoms with Crippen LogP contribution in [0.15, 0.2) is 150 Å². The van der Waals surface area contributed by atoms with Crippen LogP contribution in [0.5, 0.6) is 0 Å². The lowest BCUT2D eigenvalue weighted by atomic mass is 9.95. The zero-order valence-corrected chi connectivity index (χ0v) is 57.3. The van der Waals surface area contributed by atoms with Gasteiger partial charge < -0.3 is 44.8 Å². The third-order valence-corrected chi connectivity index (χ3v) is 21.6. The number of thiazole rings is 2. The highest BCUT2D eigenvalue weighted by Crippen LogP contribution is 2.50. The average molecular weight is 1470 g/mol. The third-order valence-electron chi connectivity index (χ3n) is 18.7. The summed E-state index contributed by atoms with van der Waals surface area (Å²) in [4.78, 5) is 102. The molecule has 28 heteroatoms. The van der Waals surface area contributed by atoms with Gasteiger partial charge in [-0.25, -0.2) is 44.5 Å². The van der Waals surface area contributed by atoms with Gasteiger partial charge in [0.1, 0.15) is 23.7 Å². The Labute approximate surface area is 578 Å². The van der Waals surface area contributed by atoms with E-state index in [2.05, 4.69) is 72.0 Å². The average Bonchev–Trinajstić information content (AvgIpc) is 0.946. The Hall–Kier alpha value is -8.46. The number of urea groups is 2. The van der Waals surface area contributed by atoms with E-state index in [-0.39, 0.29) is 48.8 Å². The number of piperazine rings is 2. The van der Waals surface area contributed by atoms with Crippen LogP contribution in [0.1, 0.15) is 78.3 Å². The van der Waals surface area contributed by atoms with Crippen LogP contribution in [0.2, 0.25) is 0 Å². The smallest absolute Gasteiger partial charge is 0.338 e. The lowest BCUT2D eigenvalue weighted by Crippen LogP contribution is -2.53. The normalized spacial score (nSPS) is 21.9. The van der Waals surface area contributed by atoms with Gasteiger partial charge in [-0.05, 0) is 111 Å². The van der Waals surface area contributed by atoms with E-state index in [4.69, 9.17) is 26.0 Å². The van der Waals surface area contributed by atoms with Gasteiger partial charge in [-0.1, -0.05) is 44.0 Å². The van der Waals surface area contributed by atoms with Gasteiger partial charge in [0.2, 0.25) is 0 Å². The highest BCUT2D eigenvalue weighted by molar-refractivity contribution is 9.10. The Morgan fingerprint density at radius 1 is 0.646 bits per heavy atom. The molecule has 4 aromatic carbocycles. The Bertz CT molecular complexity index is 4140. The summed E-state index contributed by atoms with van der Waals surface area (Å²) in [7, 11) is 0. The third kappa shape index (κ3) is 13.7. The second-order valence-corrected chi connectivity index (χ2v) is 28.0. The molecule has 1 saturated carbocycles. The fourth-order valence-electron chi connectivity index (χ4n) is 13.6. The van der Waals surface area contributed by atoms with Crippen LogP contribution in [0.25, 0.3) is 4.85 Å². The summed E-state index contributed by atoms with van der Waals surface area (Å²) in [6.45, 7) is 18.1. The highest BCUT2D eigenvalue weighted by atomic mass is 79.9. The fourth-order valence-corrected chi connectivity index (χ4v) is 15.9. The zero-order valence-electron chi connectivity index (χ0n) is 52.5. The van der Waals surface area contributed by atoms with E-state index in [1.54, 1.807) is 38.4 Å². The fraction of sp³-hybridized carbons (Fsp3) is 0.382. The number of amidine groups is 2. The van der Waals surface area contributed by atoms with Crippen molar-refractivity contribution in [1.29, 1.82) is 0 Å². The van der Waals surface area contributed by atoms with E-state index in [1.165, 1.54) is 46.9 Å². The number of fused-ring (bicyclic) bond motifs is 2. The molecule has 96 heavy (non-hydrogen) atoms. The summed E-state index contributed by atoms with van der Waals surface area (Å²) in [5.74, 6) is -1.80. The number of ether oxygens (including phenoxy) is 2. The van der Waals surface area contributed by atoms with Crippen molar-refractivity contribution in [3.8, 4) is 0 Å². The number of rotatable bonds is 17. The van der Waals surface area contributed by atoms with Crippen molar-refractivity contribution in [1.82, 2.24) is 40.2 Å². The molecule has 5 saturated heterocycles. The molecule has 14 rings (SSSR count). The van der Waals surface area contributed by atoms with E-state index < -0.39 is 41.6 Å². The Balaban J connectivity index is 0.000000174. The maximum Gasteiger partial charge on any atom is 0.338 e. The molecule has 4 amide bonds. The number of amides is 4. The number of esters is 2. The van der Waals surface area contributed by atoms with Gasteiger partial charge in [0.25, 0.3) is 5.54 Å². The van der Waals surface area contributed by atoms with Gasteiger partial charge in [-0.3, -0.25) is 34.4 Å². The van der Waals surface area contributed by atoms with Crippen LogP contribution in [0.4, 0.5) is 35.4 Å². The molecule has 6 fully saturated rings. The van der Waals surface area contributed by atoms with Crippen LogP contribution in [-0.2, 0) is 29.4 Å². The van der Waals surface area contributed by atoms with E-state index in [0.717, 1.165) is 35.5 Å². The standard InChI is InChI=1S/C35H37BrFN7O5S.C33H31BrFN7O3S/c1-2-49-34(47)29-28(39-31(32-38-11-16-50-32)40-30(29)26-8-3-22(37)17-27(26)36)20-41-14-15-43-25(18-41)19-44(35(43)48)24-6-4-23(5-7-24)42-12-9-21(10-13-42)33(45)46;1-3-45-31(43)27-26(38-29(30-37-12-15-46-30)39-28(27)24-9-6-21(35)16-25(24)34)19-40-13-14-41-23(17-40)18-42(32(41)44)22-7-4-20(5-8-22)33(36-2)10-11-33/h3-8,11,16-17,21,25,30H,2,9-10,12-15,18-20H2,1H3,(H,39,40)(H,45,46);4-9,12,15-16,23,28H,3,10-11,13-14,17-19H2,1H3,(H,38,39)/t25-,30-;23-,28-/m00/s1. The number of aromatic nitrogens is 2. The summed E-state index contributed by atoms with van der Waals surface area (Å²) < 4.78 is 40.3. The van der Waals surface area contributed by atoms with Crippen LogP contribution >= 0.6 is 54.5 Å². The predicted molar refractivity (Wildman–Crippen MR) is 367 cm³/mol. The number of hydrogen-bond acceptors (Lipinski definition) is 18. The van der Waals surface area contributed by atoms with Gasteiger partial charge in [-0.2, -0.15) is 0 Å². The maximum absolute atomic E-state index is 14.1. The van der Waals surface area contributed by atoms with Crippen molar-refractivity contribution in [2.45, 2.75) is 69.2 Å². The minimum Gasteiger partial charge on any atom is -0.481 e. The predicted octanol–water partition coefficient (Wildman–Crippen LogP) is 10.4. The number of carbonyl (C=O) groups is 5. The Morgan fingerprint density at radius 2 is 1.09 bits per heavy atom. The van der Waals surface area contributed by atoms with Crippen molar-refractivity contribution in [3.63, 3.8) is 0 Å². The summed E-state index contributed by atoms with van der Waals surface area (Å²) in [6.07, 6.45) is 6.38. The molecule has 4 atom stereocenters. The molecule has 0 bridgehead atoms. The largest absolute Gasteiger partial charge is 0.481 e. The Kier molecular flexibility index (Phi) is 19.5. The van der Waals surface area contributed by atoms with Gasteiger partial charge in [0.05, 0.1) is 42.4 Å². The van der Waals surface area contributed by atoms with E-state index in [9.17, 15) is 37.9 Å². The van der Waals surface area contributed by atoms with E-state index in [0.29, 0.717) is 156 Å². The first kappa shape index (κ1) is 66.2. The van der Waals surface area contributed by atoms with Crippen molar-refractivity contribution < 1.29 is 47.3 Å². The van der Waals surface area contributed by atoms with Crippen LogP contribution < -0.4 is 25.3 Å². The number of anilines is 3. The van der Waals surface area contributed by atoms with Crippen LogP contribution in [0, 0.1) is 24.1 Å². The summed E-state index contributed by atoms with van der Waals surface area (Å²) >= 11 is 9.82. The van der Waals surface area contributed by atoms with E-state index in [1.807, 2.05) is 78.9 Å². The summed E-state index contributed by atoms with van der Waals surface area (Å²) in [6, 6.07) is 22.8. The first-order valence-electron chi connectivity index (χ1n) is 31.9. The van der Waals surface area contributed by atoms with Crippen molar-refractivity contribution in [3.05, 3.63) is 189 Å². The minimum absolute atomic E-state index is 0.0228. The molecule has 9 heterocycles. The SMILES string of the molecule is CCOC(=O)C1=C(CN2CCN3C(=O)N(c4ccc(N5CCC(C(=O)O)CC5)cc4)C[C@@H]3C2)NC(c2nccs2)=N[C@H]1c1ccc(F)cc1Br.[C-]#[N+]C1(c2ccc(N3C[C@@H]4CN(CC5=C(C(=O)OCC)[C@H](c6ccc(F)cc6Br)N=C(c6nccs6)N5)CCN4C3=O)cc2)CC1. The molecule has 8 aliphatic rings. The number of hydrogen-bond donors (Lipinski definition) is 3. The van der Waals surface area contributed by atoms with Crippen molar-refractivity contribution in [2.75, 3.05) is 106 Å². The van der Waals surface area contributed by atoms with Gasteiger partial charge in [0.15, 0.2) is 21.7 Å². The van der Waals surface area contributed by atoms with Crippen LogP contribution in [-0.4, -0.2) is 180 Å². The second-order valence-electron chi connectivity index (χ2n) is 24.5. The molecule has 22 nitrogen and oxygen atoms in total. The number of benzene rings is 4. The first-order valence-corrected chi connectivity index (χ1v) is 35.2. The topological polar surface area (TPSA) is 226 Å². The van der Waals surface area contributed by atoms with Crippen LogP contribution in [0.3, 0.4) is 0 Å². The molecule has 2 aromatic heterocycles. The number of aliphatic carboxylic acids is 1. The van der Waals surface area contributed by atoms with Crippen molar-refractivity contribution in [2.24, 2.45) is 15.9 Å². The molecule has 1 aliphatic carbocycles. The lowest BCUT2D eigenvalue weighted by Gasteiger charge is -2.38. The monoisotopic (exact) mass is 1470 g/mol. The summed E-state index contributed by atoms with van der Waals surface area (Å²) in [5, 5.41) is 21.1. The molecular weight excluding hydrogens is 1400 g/mol. The zero-order chi connectivity index (χ0) is 66.9. The molecule has 3 N–H and O–H groups in total. The highest BCUT2D eigenvalue weighted by Gasteiger charge is 2.53. The number of piperidine rings is 1. The molecular formula is C68H68Br2F2N14O8S2. The minimum atomic E-state index is -0.768. The number of nitrogens with one attached hydrogen (secondary N) is 2. The number of nitrogens with zero attached hydrogens (tertiary/aromatic N) is 12.